The van der Waals surface area contributed by atoms with Crippen molar-refractivity contribution in [3.05, 3.63) is 119 Å². The van der Waals surface area contributed by atoms with Crippen molar-refractivity contribution in [2.75, 3.05) is 13.1 Å². The van der Waals surface area contributed by atoms with Crippen LogP contribution in [0.5, 0.6) is 0 Å². The van der Waals surface area contributed by atoms with Gasteiger partial charge in [-0.05, 0) is 52.8 Å². The summed E-state index contributed by atoms with van der Waals surface area (Å²) in [6, 6.07) is 33.1. The maximum absolute atomic E-state index is 13.5. The van der Waals surface area contributed by atoms with Gasteiger partial charge in [-0.3, -0.25) is 4.79 Å². The smallest absolute Gasteiger partial charge is 0.318 e. The number of carbonyl (C=O) groups excluding carboxylic acids is 2. The fourth-order valence-electron chi connectivity index (χ4n) is 4.86. The average molecular weight is 537 g/mol. The van der Waals surface area contributed by atoms with E-state index < -0.39 is 0 Å². The highest BCUT2D eigenvalue weighted by Crippen LogP contribution is 2.24. The standard InChI is InChI=1S/C34H40N4O2/c1-26(32-16-10-14-31-13-6-7-15-33(31)32)37-34(40)38(22-9-8-21-36-27(2)39)25-30-19-17-29(18-20-30)24-35-23-28-11-4-3-5-12-28/h3-7,10-20,26,35H,8-9,21-25H2,1-2H3,(H,36,39)(H,37,40). The molecule has 0 radical (unpaired) electrons. The molecule has 0 aliphatic rings. The summed E-state index contributed by atoms with van der Waals surface area (Å²) in [6.45, 7) is 6.90. The van der Waals surface area contributed by atoms with Crippen molar-refractivity contribution < 1.29 is 9.59 Å². The van der Waals surface area contributed by atoms with Crippen molar-refractivity contribution in [1.82, 2.24) is 20.9 Å². The maximum Gasteiger partial charge on any atom is 0.318 e. The molecule has 0 spiro atoms. The van der Waals surface area contributed by atoms with Gasteiger partial charge in [0.15, 0.2) is 0 Å². The lowest BCUT2D eigenvalue weighted by Crippen LogP contribution is -2.41. The summed E-state index contributed by atoms with van der Waals surface area (Å²) in [5.41, 5.74) is 4.65. The molecule has 40 heavy (non-hydrogen) atoms. The normalized spacial score (nSPS) is 11.7. The lowest BCUT2D eigenvalue weighted by atomic mass is 10.00. The predicted molar refractivity (Wildman–Crippen MR) is 163 cm³/mol. The van der Waals surface area contributed by atoms with Crippen molar-refractivity contribution in [2.45, 2.75) is 52.4 Å². The number of nitrogens with one attached hydrogen (secondary N) is 3. The molecular weight excluding hydrogens is 496 g/mol. The largest absolute Gasteiger partial charge is 0.356 e. The highest BCUT2D eigenvalue weighted by atomic mass is 16.2. The number of hydrogen-bond acceptors (Lipinski definition) is 3. The third-order valence-corrected chi connectivity index (χ3v) is 7.04. The Bertz CT molecular complexity index is 1370. The summed E-state index contributed by atoms with van der Waals surface area (Å²) in [5.74, 6) is -0.0307. The first-order valence-electron chi connectivity index (χ1n) is 14.1. The molecule has 0 saturated carbocycles. The number of carbonyl (C=O) groups is 2. The van der Waals surface area contributed by atoms with Gasteiger partial charge < -0.3 is 20.9 Å². The Morgan fingerprint density at radius 3 is 2.15 bits per heavy atom. The Balaban J connectivity index is 1.38. The first-order chi connectivity index (χ1) is 19.5. The van der Waals surface area contributed by atoms with Crippen molar-refractivity contribution in [1.29, 1.82) is 0 Å². The van der Waals surface area contributed by atoms with Crippen LogP contribution in [0.1, 0.15) is 55.0 Å². The van der Waals surface area contributed by atoms with Crippen LogP contribution in [0.4, 0.5) is 4.79 Å². The third-order valence-electron chi connectivity index (χ3n) is 7.04. The van der Waals surface area contributed by atoms with Crippen LogP contribution in [0.3, 0.4) is 0 Å². The monoisotopic (exact) mass is 536 g/mol. The van der Waals surface area contributed by atoms with Crippen LogP contribution in [0.15, 0.2) is 97.1 Å². The lowest BCUT2D eigenvalue weighted by molar-refractivity contribution is -0.118. The number of fused-ring (bicyclic) bond motifs is 1. The highest BCUT2D eigenvalue weighted by Gasteiger charge is 2.18. The molecule has 0 heterocycles. The molecule has 0 aromatic heterocycles. The zero-order valence-electron chi connectivity index (χ0n) is 23.5. The molecule has 3 amide bonds. The Morgan fingerprint density at radius 1 is 0.750 bits per heavy atom. The van der Waals surface area contributed by atoms with E-state index in [1.807, 2.05) is 36.1 Å². The summed E-state index contributed by atoms with van der Waals surface area (Å²) in [4.78, 5) is 26.6. The van der Waals surface area contributed by atoms with Crippen LogP contribution < -0.4 is 16.0 Å². The van der Waals surface area contributed by atoms with Crippen LogP contribution in [0.25, 0.3) is 10.8 Å². The fourth-order valence-corrected chi connectivity index (χ4v) is 4.86. The van der Waals surface area contributed by atoms with Crippen LogP contribution in [0.2, 0.25) is 0 Å². The molecule has 6 nitrogen and oxygen atoms in total. The molecule has 0 bridgehead atoms. The maximum atomic E-state index is 13.5. The average Bonchev–Trinajstić information content (AvgIpc) is 2.97. The van der Waals surface area contributed by atoms with Crippen LogP contribution in [-0.4, -0.2) is 29.9 Å². The highest BCUT2D eigenvalue weighted by molar-refractivity contribution is 5.86. The zero-order valence-corrected chi connectivity index (χ0v) is 23.5. The van der Waals surface area contributed by atoms with Crippen LogP contribution in [-0.2, 0) is 24.4 Å². The van der Waals surface area contributed by atoms with E-state index in [0.717, 1.165) is 47.8 Å². The summed E-state index contributed by atoms with van der Waals surface area (Å²) in [7, 11) is 0. The molecule has 0 aliphatic heterocycles. The third kappa shape index (κ3) is 8.68. The van der Waals surface area contributed by atoms with E-state index in [2.05, 4.69) is 88.7 Å². The molecular formula is C34H40N4O2. The molecule has 1 atom stereocenters. The number of hydrogen-bond donors (Lipinski definition) is 3. The number of nitrogens with zero attached hydrogens (tertiary/aromatic N) is 1. The Morgan fingerprint density at radius 2 is 1.40 bits per heavy atom. The molecule has 0 aliphatic carbocycles. The van der Waals surface area contributed by atoms with E-state index in [-0.39, 0.29) is 18.0 Å². The van der Waals surface area contributed by atoms with Crippen LogP contribution >= 0.6 is 0 Å². The van der Waals surface area contributed by atoms with Gasteiger partial charge in [0.25, 0.3) is 0 Å². The van der Waals surface area contributed by atoms with Crippen molar-refractivity contribution >= 4 is 22.7 Å². The van der Waals surface area contributed by atoms with Crippen molar-refractivity contribution in [3.63, 3.8) is 0 Å². The van der Waals surface area contributed by atoms with Gasteiger partial charge in [0.1, 0.15) is 0 Å². The predicted octanol–water partition coefficient (Wildman–Crippen LogP) is 6.32. The quantitative estimate of drug-likeness (QED) is 0.175. The topological polar surface area (TPSA) is 73.5 Å². The van der Waals surface area contributed by atoms with Gasteiger partial charge in [0.05, 0.1) is 6.04 Å². The Labute approximate surface area is 237 Å². The molecule has 4 aromatic carbocycles. The minimum Gasteiger partial charge on any atom is -0.356 e. The van der Waals surface area contributed by atoms with Gasteiger partial charge in [0.2, 0.25) is 5.91 Å². The number of benzene rings is 4. The van der Waals surface area contributed by atoms with Crippen molar-refractivity contribution in [2.24, 2.45) is 0 Å². The number of amides is 3. The van der Waals surface area contributed by atoms with Gasteiger partial charge in [-0.15, -0.1) is 0 Å². The van der Waals surface area contributed by atoms with E-state index in [0.29, 0.717) is 19.6 Å². The number of unbranched alkanes of at least 4 members (excludes halogenated alkanes) is 1. The second-order valence-electron chi connectivity index (χ2n) is 10.3. The molecule has 4 rings (SSSR count). The number of rotatable bonds is 13. The second kappa shape index (κ2) is 14.8. The SMILES string of the molecule is CC(=O)NCCCCN(Cc1ccc(CNCc2ccccc2)cc1)C(=O)NC(C)c1cccc2ccccc12. The van der Waals surface area contributed by atoms with E-state index in [4.69, 9.17) is 0 Å². The number of urea groups is 1. The second-order valence-corrected chi connectivity index (χ2v) is 10.3. The first kappa shape index (κ1) is 28.8. The molecule has 1 unspecified atom stereocenters. The summed E-state index contributed by atoms with van der Waals surface area (Å²) < 4.78 is 0. The molecule has 0 saturated heterocycles. The van der Waals surface area contributed by atoms with Gasteiger partial charge in [-0.1, -0.05) is 97.1 Å². The summed E-state index contributed by atoms with van der Waals surface area (Å²) in [5, 5.41) is 11.9. The van der Waals surface area contributed by atoms with Crippen molar-refractivity contribution in [3.8, 4) is 0 Å². The fraction of sp³-hybridized carbons (Fsp3) is 0.294. The summed E-state index contributed by atoms with van der Waals surface area (Å²) >= 11 is 0. The van der Waals surface area contributed by atoms with Gasteiger partial charge in [-0.2, -0.15) is 0 Å². The van der Waals surface area contributed by atoms with Gasteiger partial charge in [0, 0.05) is 39.6 Å². The minimum absolute atomic E-state index is 0.0307. The van der Waals surface area contributed by atoms with Gasteiger partial charge >= 0.3 is 6.03 Å². The molecule has 4 aromatic rings. The molecule has 6 heteroatoms. The van der Waals surface area contributed by atoms with Gasteiger partial charge in [-0.25, -0.2) is 4.79 Å². The minimum atomic E-state index is -0.140. The van der Waals surface area contributed by atoms with E-state index in [1.54, 1.807) is 0 Å². The molecule has 208 valence electrons. The molecule has 0 fully saturated rings. The molecule has 3 N–H and O–H groups in total. The zero-order chi connectivity index (χ0) is 28.2. The van der Waals surface area contributed by atoms with E-state index >= 15 is 0 Å². The summed E-state index contributed by atoms with van der Waals surface area (Å²) in [6.07, 6.45) is 1.62. The Kier molecular flexibility index (Phi) is 10.7. The first-order valence-corrected chi connectivity index (χ1v) is 14.1. The lowest BCUT2D eigenvalue weighted by Gasteiger charge is -2.26. The van der Waals surface area contributed by atoms with E-state index in [1.165, 1.54) is 18.1 Å². The van der Waals surface area contributed by atoms with Crippen LogP contribution in [0, 0.1) is 0 Å². The Hall–Kier alpha value is -4.16. The van der Waals surface area contributed by atoms with E-state index in [9.17, 15) is 9.59 Å².